The van der Waals surface area contributed by atoms with Crippen LogP contribution in [0, 0.1) is 0 Å². The van der Waals surface area contributed by atoms with Gasteiger partial charge in [-0.15, -0.1) is 0 Å². The quantitative estimate of drug-likeness (QED) is 0.766. The van der Waals surface area contributed by atoms with E-state index in [9.17, 15) is 0 Å². The normalized spacial score (nSPS) is 10.5. The minimum absolute atomic E-state index is 0.362. The van der Waals surface area contributed by atoms with Crippen LogP contribution in [0.3, 0.4) is 0 Å². The first-order valence-corrected chi connectivity index (χ1v) is 7.14. The molecule has 2 aromatic rings. The Morgan fingerprint density at radius 3 is 2.79 bits per heavy atom. The van der Waals surface area contributed by atoms with Gasteiger partial charge < -0.3 is 9.47 Å². The predicted octanol–water partition coefficient (Wildman–Crippen LogP) is 2.69. The topological polar surface area (TPSA) is 49.2 Å². The highest BCUT2D eigenvalue weighted by Crippen LogP contribution is 2.33. The second-order valence-corrected chi connectivity index (χ2v) is 4.46. The van der Waals surface area contributed by atoms with Gasteiger partial charge >= 0.3 is 0 Å². The summed E-state index contributed by atoms with van der Waals surface area (Å²) in [5, 5.41) is 4.73. The summed E-state index contributed by atoms with van der Waals surface area (Å²) in [6.45, 7) is 2.92. The van der Waals surface area contributed by atoms with Gasteiger partial charge in [0, 0.05) is 17.9 Å². The summed E-state index contributed by atoms with van der Waals surface area (Å²) in [5.74, 6) is 2.28. The molecule has 0 amide bonds. The zero-order valence-electron chi connectivity index (χ0n) is 11.0. The molecule has 19 heavy (non-hydrogen) atoms. The van der Waals surface area contributed by atoms with Crippen molar-refractivity contribution in [2.75, 3.05) is 6.61 Å². The highest BCUT2D eigenvalue weighted by molar-refractivity contribution is 9.08. The molecule has 1 aromatic heterocycles. The van der Waals surface area contributed by atoms with Crippen LogP contribution in [0.15, 0.2) is 24.5 Å². The van der Waals surface area contributed by atoms with Crippen molar-refractivity contribution >= 4 is 15.9 Å². The highest BCUT2D eigenvalue weighted by Gasteiger charge is 2.11. The Morgan fingerprint density at radius 2 is 2.16 bits per heavy atom. The maximum Gasteiger partial charge on any atom is 0.165 e. The van der Waals surface area contributed by atoms with E-state index in [1.165, 1.54) is 6.33 Å². The molecule has 0 atom stereocenters. The van der Waals surface area contributed by atoms with Crippen LogP contribution in [-0.4, -0.2) is 21.4 Å². The molecule has 0 radical (unpaired) electrons. The smallest absolute Gasteiger partial charge is 0.165 e. The second-order valence-electron chi connectivity index (χ2n) is 3.90. The SMILES string of the molecule is CCOc1cccc(CBr)c1OCc1ncnn1C. The van der Waals surface area contributed by atoms with E-state index >= 15 is 0 Å². The van der Waals surface area contributed by atoms with Crippen molar-refractivity contribution in [3.63, 3.8) is 0 Å². The number of rotatable bonds is 6. The molecule has 0 N–H and O–H groups in total. The molecule has 0 aliphatic carbocycles. The number of para-hydroxylation sites is 1. The zero-order chi connectivity index (χ0) is 13.7. The van der Waals surface area contributed by atoms with Gasteiger partial charge in [-0.2, -0.15) is 5.10 Å². The van der Waals surface area contributed by atoms with Crippen molar-refractivity contribution < 1.29 is 9.47 Å². The van der Waals surface area contributed by atoms with Gasteiger partial charge in [-0.3, -0.25) is 4.68 Å². The van der Waals surface area contributed by atoms with E-state index in [0.29, 0.717) is 18.5 Å². The third-order valence-corrected chi connectivity index (χ3v) is 3.26. The van der Waals surface area contributed by atoms with Crippen molar-refractivity contribution in [3.8, 4) is 11.5 Å². The van der Waals surface area contributed by atoms with Crippen LogP contribution < -0.4 is 9.47 Å². The number of hydrogen-bond acceptors (Lipinski definition) is 4. The molecule has 0 bridgehead atoms. The predicted molar refractivity (Wildman–Crippen MR) is 75.6 cm³/mol. The Balaban J connectivity index is 2.20. The Labute approximate surface area is 120 Å². The van der Waals surface area contributed by atoms with Crippen LogP contribution in [-0.2, 0) is 19.0 Å². The third-order valence-electron chi connectivity index (χ3n) is 2.66. The Hall–Kier alpha value is -1.56. The van der Waals surface area contributed by atoms with Crippen molar-refractivity contribution in [2.24, 2.45) is 7.05 Å². The molecule has 0 fully saturated rings. The van der Waals surface area contributed by atoms with Crippen LogP contribution in [0.4, 0.5) is 0 Å². The standard InChI is InChI=1S/C13H16BrN3O2/c1-3-18-11-6-4-5-10(7-14)13(11)19-8-12-15-9-16-17(12)2/h4-6,9H,3,7-8H2,1-2H3. The molecule has 0 saturated heterocycles. The summed E-state index contributed by atoms with van der Waals surface area (Å²) in [4.78, 5) is 4.14. The summed E-state index contributed by atoms with van der Waals surface area (Å²) in [7, 11) is 1.84. The van der Waals surface area contributed by atoms with Crippen LogP contribution in [0.25, 0.3) is 0 Å². The average Bonchev–Trinajstić information content (AvgIpc) is 2.83. The van der Waals surface area contributed by atoms with Gasteiger partial charge in [0.1, 0.15) is 12.9 Å². The van der Waals surface area contributed by atoms with Gasteiger partial charge in [0.05, 0.1) is 6.61 Å². The van der Waals surface area contributed by atoms with Crippen molar-refractivity contribution in [1.82, 2.24) is 14.8 Å². The van der Waals surface area contributed by atoms with E-state index in [4.69, 9.17) is 9.47 Å². The fourth-order valence-corrected chi connectivity index (χ4v) is 2.13. The zero-order valence-corrected chi connectivity index (χ0v) is 12.6. The molecular weight excluding hydrogens is 310 g/mol. The Bertz CT molecular complexity index is 542. The summed E-state index contributed by atoms with van der Waals surface area (Å²) in [6.07, 6.45) is 1.51. The lowest BCUT2D eigenvalue weighted by atomic mass is 10.2. The fourth-order valence-electron chi connectivity index (χ4n) is 1.69. The molecule has 2 rings (SSSR count). The number of aryl methyl sites for hydroxylation is 1. The monoisotopic (exact) mass is 325 g/mol. The molecule has 102 valence electrons. The van der Waals surface area contributed by atoms with E-state index in [-0.39, 0.29) is 0 Å². The largest absolute Gasteiger partial charge is 0.490 e. The van der Waals surface area contributed by atoms with Gasteiger partial charge in [0.25, 0.3) is 0 Å². The van der Waals surface area contributed by atoms with Gasteiger partial charge in [0.15, 0.2) is 17.3 Å². The maximum atomic E-state index is 5.86. The minimum atomic E-state index is 0.362. The number of halogens is 1. The first-order chi connectivity index (χ1) is 9.26. The molecule has 5 nitrogen and oxygen atoms in total. The molecule has 0 aliphatic heterocycles. The molecule has 0 unspecified atom stereocenters. The summed E-state index contributed by atoms with van der Waals surface area (Å²) in [5.41, 5.74) is 1.05. The first kappa shape index (κ1) is 13.9. The first-order valence-electron chi connectivity index (χ1n) is 6.02. The summed E-state index contributed by atoms with van der Waals surface area (Å²) in [6, 6.07) is 5.86. The maximum absolute atomic E-state index is 5.86. The van der Waals surface area contributed by atoms with E-state index < -0.39 is 0 Å². The fraction of sp³-hybridized carbons (Fsp3) is 0.385. The van der Waals surface area contributed by atoms with E-state index in [1.807, 2.05) is 32.2 Å². The summed E-state index contributed by atoms with van der Waals surface area (Å²) < 4.78 is 13.1. The highest BCUT2D eigenvalue weighted by atomic mass is 79.9. The van der Waals surface area contributed by atoms with E-state index in [1.54, 1.807) is 4.68 Å². The van der Waals surface area contributed by atoms with Crippen molar-refractivity contribution in [2.45, 2.75) is 18.9 Å². The number of hydrogen-bond donors (Lipinski definition) is 0. The van der Waals surface area contributed by atoms with Gasteiger partial charge in [-0.05, 0) is 13.0 Å². The van der Waals surface area contributed by atoms with Gasteiger partial charge in [0.2, 0.25) is 0 Å². The Kier molecular flexibility index (Phi) is 4.79. The molecule has 0 spiro atoms. The summed E-state index contributed by atoms with van der Waals surface area (Å²) >= 11 is 3.46. The van der Waals surface area contributed by atoms with Crippen LogP contribution in [0.5, 0.6) is 11.5 Å². The number of alkyl halides is 1. The lowest BCUT2D eigenvalue weighted by Gasteiger charge is -2.14. The van der Waals surface area contributed by atoms with Crippen molar-refractivity contribution in [3.05, 3.63) is 35.9 Å². The van der Waals surface area contributed by atoms with E-state index in [2.05, 4.69) is 26.0 Å². The minimum Gasteiger partial charge on any atom is -0.490 e. The molecule has 0 aliphatic rings. The van der Waals surface area contributed by atoms with Crippen LogP contribution in [0.2, 0.25) is 0 Å². The molecule has 1 aromatic carbocycles. The van der Waals surface area contributed by atoms with E-state index in [0.717, 1.165) is 22.9 Å². The molecule has 6 heteroatoms. The lowest BCUT2D eigenvalue weighted by Crippen LogP contribution is -2.06. The molecule has 0 saturated carbocycles. The lowest BCUT2D eigenvalue weighted by molar-refractivity contribution is 0.258. The number of aromatic nitrogens is 3. The number of ether oxygens (including phenoxy) is 2. The number of benzene rings is 1. The average molecular weight is 326 g/mol. The third kappa shape index (κ3) is 3.26. The van der Waals surface area contributed by atoms with Gasteiger partial charge in [-0.1, -0.05) is 28.1 Å². The Morgan fingerprint density at radius 1 is 1.32 bits per heavy atom. The number of nitrogens with zero attached hydrogens (tertiary/aromatic N) is 3. The molecular formula is C13H16BrN3O2. The van der Waals surface area contributed by atoms with Gasteiger partial charge in [-0.25, -0.2) is 4.98 Å². The second kappa shape index (κ2) is 6.56. The van der Waals surface area contributed by atoms with Crippen LogP contribution >= 0.6 is 15.9 Å². The van der Waals surface area contributed by atoms with Crippen LogP contribution in [0.1, 0.15) is 18.3 Å². The van der Waals surface area contributed by atoms with Crippen molar-refractivity contribution in [1.29, 1.82) is 0 Å². The molecule has 1 heterocycles.